The number of H-pyrrole nitrogens is 2. The van der Waals surface area contributed by atoms with Crippen molar-refractivity contribution in [3.05, 3.63) is 73.1 Å². The van der Waals surface area contributed by atoms with Crippen molar-refractivity contribution in [2.24, 2.45) is 0 Å². The molecular formula is C40H47F2N13O2. The maximum atomic E-state index is 14.5. The maximum absolute atomic E-state index is 14.5. The molecule has 0 spiro atoms. The molecule has 0 saturated heterocycles. The van der Waals surface area contributed by atoms with Crippen LogP contribution in [0.15, 0.2) is 61.4 Å². The van der Waals surface area contributed by atoms with Crippen LogP contribution in [0.4, 0.5) is 25.2 Å². The summed E-state index contributed by atoms with van der Waals surface area (Å²) in [6.45, 7) is 4.13. The lowest BCUT2D eigenvalue weighted by Crippen LogP contribution is -2.51. The predicted molar refractivity (Wildman–Crippen MR) is 214 cm³/mol. The third kappa shape index (κ3) is 9.41. The van der Waals surface area contributed by atoms with Crippen LogP contribution in [-0.2, 0) is 4.79 Å². The lowest BCUT2D eigenvalue weighted by molar-refractivity contribution is -0.119. The van der Waals surface area contributed by atoms with Gasteiger partial charge < -0.3 is 36.6 Å². The van der Waals surface area contributed by atoms with E-state index in [1.807, 2.05) is 31.2 Å². The van der Waals surface area contributed by atoms with Gasteiger partial charge in [-0.2, -0.15) is 0 Å². The van der Waals surface area contributed by atoms with Crippen molar-refractivity contribution in [2.45, 2.75) is 95.8 Å². The summed E-state index contributed by atoms with van der Waals surface area (Å²) in [6, 6.07) is 7.03. The van der Waals surface area contributed by atoms with Gasteiger partial charge in [0.15, 0.2) is 34.9 Å². The summed E-state index contributed by atoms with van der Waals surface area (Å²) in [7, 11) is 0. The third-order valence-electron chi connectivity index (χ3n) is 10.3. The van der Waals surface area contributed by atoms with Crippen molar-refractivity contribution < 1.29 is 18.4 Å². The van der Waals surface area contributed by atoms with Gasteiger partial charge in [0.2, 0.25) is 5.91 Å². The molecule has 298 valence electrons. The van der Waals surface area contributed by atoms with E-state index >= 15 is 0 Å². The summed E-state index contributed by atoms with van der Waals surface area (Å²) in [5.74, 6) is 0.0276. The second-order valence-corrected chi connectivity index (χ2v) is 14.4. The van der Waals surface area contributed by atoms with Crippen molar-refractivity contribution in [2.75, 3.05) is 17.2 Å². The normalized spacial score (nSPS) is 19.3. The number of aromatic nitrogens is 8. The average Bonchev–Trinajstić information content (AvgIpc) is 3.85. The Balaban J connectivity index is 0.000000175. The van der Waals surface area contributed by atoms with E-state index in [1.165, 1.54) is 19.3 Å². The van der Waals surface area contributed by atoms with Gasteiger partial charge in [-0.1, -0.05) is 32.6 Å². The van der Waals surface area contributed by atoms with Crippen molar-refractivity contribution in [1.29, 1.82) is 0 Å². The smallest absolute Gasteiger partial charge is 0.315 e. The summed E-state index contributed by atoms with van der Waals surface area (Å²) < 4.78 is 28.9. The number of nitrogens with one attached hydrogen (secondary N) is 7. The number of carbonyl (C=O) groups excluding carboxylic acids is 2. The number of pyridine rings is 2. The van der Waals surface area contributed by atoms with Crippen molar-refractivity contribution in [3.8, 4) is 22.8 Å². The Labute approximate surface area is 328 Å². The van der Waals surface area contributed by atoms with Crippen molar-refractivity contribution in [3.63, 3.8) is 0 Å². The van der Waals surface area contributed by atoms with E-state index in [4.69, 9.17) is 0 Å². The number of amides is 3. The first-order valence-corrected chi connectivity index (χ1v) is 19.5. The number of anilines is 2. The van der Waals surface area contributed by atoms with Crippen LogP contribution >= 0.6 is 0 Å². The molecule has 57 heavy (non-hydrogen) atoms. The van der Waals surface area contributed by atoms with Crippen LogP contribution in [0.1, 0.15) is 71.6 Å². The molecule has 4 atom stereocenters. The molecule has 0 aliphatic heterocycles. The predicted octanol–water partition coefficient (Wildman–Crippen LogP) is 6.61. The summed E-state index contributed by atoms with van der Waals surface area (Å²) in [4.78, 5) is 55.5. The van der Waals surface area contributed by atoms with Gasteiger partial charge in [-0.15, -0.1) is 0 Å². The number of fused-ring (bicyclic) bond motifs is 2. The Morgan fingerprint density at radius 1 is 0.702 bits per heavy atom. The zero-order chi connectivity index (χ0) is 39.7. The third-order valence-corrected chi connectivity index (χ3v) is 10.3. The van der Waals surface area contributed by atoms with Crippen molar-refractivity contribution >= 4 is 45.6 Å². The highest BCUT2D eigenvalue weighted by Crippen LogP contribution is 2.30. The van der Waals surface area contributed by atoms with Crippen LogP contribution in [0.3, 0.4) is 0 Å². The standard InChI is InChI=1S/C21H26FN7O.C19H21FN6O/c1-2-9-24-21(30)28-17-8-4-3-7-16(17)27-20-15(22)12-26-19(29-20)14-11-25-18-13(14)6-5-10-23-18;1-11(27)24-15-6-2-3-7-16(15)25-19-14(20)10-23-18(26-19)13-9-22-17-12(13)5-4-8-21-17/h5-6,10-12,16-17H,2-4,7-9H2,1H3,(H,23,25)(H2,24,28,30)(H,26,27,29);4-5,8-10,15-16H,2-3,6-7H2,1H3,(H,21,22)(H,24,27)(H,23,25,26)/t;15-,16?/m.1/s1. The number of halogens is 2. The minimum atomic E-state index is -0.517. The number of aromatic amines is 2. The molecule has 2 aliphatic rings. The summed E-state index contributed by atoms with van der Waals surface area (Å²) >= 11 is 0. The maximum Gasteiger partial charge on any atom is 0.315 e. The van der Waals surface area contributed by atoms with E-state index in [9.17, 15) is 18.4 Å². The second kappa shape index (κ2) is 18.1. The molecule has 17 heteroatoms. The Hall–Kier alpha value is -6.26. The number of hydrogen-bond acceptors (Lipinski definition) is 10. The Morgan fingerprint density at radius 2 is 1.18 bits per heavy atom. The van der Waals surface area contributed by atoms with E-state index < -0.39 is 11.6 Å². The number of nitrogens with zero attached hydrogens (tertiary/aromatic N) is 6. The fraction of sp³-hybridized carbons (Fsp3) is 0.400. The molecule has 2 aliphatic carbocycles. The van der Waals surface area contributed by atoms with Gasteiger partial charge in [-0.25, -0.2) is 43.5 Å². The van der Waals surface area contributed by atoms with Crippen LogP contribution in [0.5, 0.6) is 0 Å². The first kappa shape index (κ1) is 39.0. The van der Waals surface area contributed by atoms with Crippen LogP contribution in [0, 0.1) is 11.6 Å². The van der Waals surface area contributed by atoms with Gasteiger partial charge in [-0.05, 0) is 56.4 Å². The fourth-order valence-corrected chi connectivity index (χ4v) is 7.50. The zero-order valence-electron chi connectivity index (χ0n) is 31.9. The van der Waals surface area contributed by atoms with Gasteiger partial charge in [0.1, 0.15) is 11.3 Å². The topological polar surface area (TPSA) is 203 Å². The monoisotopic (exact) mass is 779 g/mol. The molecule has 3 amide bonds. The van der Waals surface area contributed by atoms with E-state index in [0.717, 1.165) is 91.0 Å². The molecule has 0 bridgehead atoms. The van der Waals surface area contributed by atoms with Crippen molar-refractivity contribution in [1.82, 2.24) is 55.8 Å². The van der Waals surface area contributed by atoms with E-state index in [0.29, 0.717) is 18.2 Å². The zero-order valence-corrected chi connectivity index (χ0v) is 31.9. The Morgan fingerprint density at radius 3 is 1.65 bits per heavy atom. The molecule has 7 N–H and O–H groups in total. The largest absolute Gasteiger partial charge is 0.363 e. The minimum Gasteiger partial charge on any atom is -0.363 e. The molecule has 6 heterocycles. The number of carbonyl (C=O) groups is 2. The molecule has 0 radical (unpaired) electrons. The number of rotatable bonds is 10. The van der Waals surface area contributed by atoms with Gasteiger partial charge in [0, 0.05) is 78.3 Å². The fourth-order valence-electron chi connectivity index (χ4n) is 7.50. The first-order chi connectivity index (χ1) is 27.8. The molecule has 6 aromatic heterocycles. The molecule has 2 fully saturated rings. The molecular weight excluding hydrogens is 733 g/mol. The highest BCUT2D eigenvalue weighted by atomic mass is 19.1. The molecule has 6 aromatic rings. The van der Waals surface area contributed by atoms with Gasteiger partial charge in [0.25, 0.3) is 0 Å². The molecule has 15 nitrogen and oxygen atoms in total. The van der Waals surface area contributed by atoms with Crippen LogP contribution in [-0.4, -0.2) is 82.5 Å². The quantitative estimate of drug-likeness (QED) is 0.0793. The van der Waals surface area contributed by atoms with Crippen LogP contribution in [0.2, 0.25) is 0 Å². The summed E-state index contributed by atoms with van der Waals surface area (Å²) in [5.41, 5.74) is 2.99. The molecule has 8 rings (SSSR count). The summed E-state index contributed by atoms with van der Waals surface area (Å²) in [5, 5.41) is 17.0. The van der Waals surface area contributed by atoms with Crippen LogP contribution in [0.25, 0.3) is 44.8 Å². The minimum absolute atomic E-state index is 0.0358. The average molecular weight is 780 g/mol. The molecule has 0 aromatic carbocycles. The highest BCUT2D eigenvalue weighted by Gasteiger charge is 2.29. The lowest BCUT2D eigenvalue weighted by atomic mass is 9.90. The van der Waals surface area contributed by atoms with Gasteiger partial charge >= 0.3 is 6.03 Å². The van der Waals surface area contributed by atoms with Gasteiger partial charge in [0.05, 0.1) is 18.4 Å². The first-order valence-electron chi connectivity index (χ1n) is 19.5. The molecule has 2 saturated carbocycles. The summed E-state index contributed by atoms with van der Waals surface area (Å²) in [6.07, 6.45) is 17.7. The van der Waals surface area contributed by atoms with Crippen LogP contribution < -0.4 is 26.6 Å². The highest BCUT2D eigenvalue weighted by molar-refractivity contribution is 5.92. The molecule has 3 unspecified atom stereocenters. The SMILES string of the molecule is CC(=O)N[C@@H]1CCCCC1Nc1nc(-c2c[nH]c3ncccc23)ncc1F.CCCNC(=O)NC1CCCCC1Nc1nc(-c2c[nH]c3ncccc23)ncc1F. The van der Waals surface area contributed by atoms with E-state index in [-0.39, 0.29) is 47.7 Å². The lowest BCUT2D eigenvalue weighted by Gasteiger charge is -2.33. The number of urea groups is 1. The van der Waals surface area contributed by atoms with E-state index in [2.05, 4.69) is 66.5 Å². The Bertz CT molecular complexity index is 2310. The second-order valence-electron chi connectivity index (χ2n) is 14.4. The Kier molecular flexibility index (Phi) is 12.4. The number of hydrogen-bond donors (Lipinski definition) is 7. The van der Waals surface area contributed by atoms with E-state index in [1.54, 1.807) is 24.8 Å². The van der Waals surface area contributed by atoms with Gasteiger partial charge in [-0.3, -0.25) is 4.79 Å².